The maximum atomic E-state index is 13.1. The molecule has 1 saturated heterocycles. The molecule has 1 amide bonds. The van der Waals surface area contributed by atoms with E-state index in [1.165, 1.54) is 4.90 Å². The minimum absolute atomic E-state index is 0.0592. The summed E-state index contributed by atoms with van der Waals surface area (Å²) in [7, 11) is 0. The highest BCUT2D eigenvalue weighted by molar-refractivity contribution is 5.79. The van der Waals surface area contributed by atoms with Gasteiger partial charge >= 0.3 is 6.18 Å². The quantitative estimate of drug-likeness (QED) is 0.744. The Morgan fingerprint density at radius 3 is 2.33 bits per heavy atom. The summed E-state index contributed by atoms with van der Waals surface area (Å²) in [6.45, 7) is 2.63. The molecule has 0 spiro atoms. The van der Waals surface area contributed by atoms with Crippen molar-refractivity contribution in [1.29, 1.82) is 5.26 Å². The first-order valence-electron chi connectivity index (χ1n) is 7.54. The largest absolute Gasteiger partial charge is 0.392 e. The highest BCUT2D eigenvalue weighted by Crippen LogP contribution is 2.43. The van der Waals surface area contributed by atoms with Crippen LogP contribution in [0.3, 0.4) is 0 Å². The van der Waals surface area contributed by atoms with Gasteiger partial charge in [0.15, 0.2) is 0 Å². The van der Waals surface area contributed by atoms with E-state index < -0.39 is 23.4 Å². The minimum atomic E-state index is -4.29. The molecular formula is C15H21F3N2O. The lowest BCUT2D eigenvalue weighted by atomic mass is 9.76. The van der Waals surface area contributed by atoms with Gasteiger partial charge in [0.25, 0.3) is 0 Å². The number of amides is 1. The third kappa shape index (κ3) is 3.50. The smallest absolute Gasteiger partial charge is 0.342 e. The van der Waals surface area contributed by atoms with Gasteiger partial charge in [-0.05, 0) is 32.6 Å². The van der Waals surface area contributed by atoms with Crippen LogP contribution in [0.25, 0.3) is 0 Å². The van der Waals surface area contributed by atoms with Crippen LogP contribution in [-0.4, -0.2) is 30.1 Å². The van der Waals surface area contributed by atoms with E-state index in [0.29, 0.717) is 45.2 Å². The van der Waals surface area contributed by atoms with Gasteiger partial charge in [0.2, 0.25) is 5.91 Å². The normalized spacial score (nSPS) is 29.8. The van der Waals surface area contributed by atoms with Crippen LogP contribution in [0, 0.1) is 28.6 Å². The third-order valence-electron chi connectivity index (χ3n) is 4.95. The first kappa shape index (κ1) is 16.1. The van der Waals surface area contributed by atoms with Crippen molar-refractivity contribution < 1.29 is 18.0 Å². The standard InChI is InChI=1S/C15H21F3N2O/c1-14(10-19)6-8-20(9-7-14)13(21)11-4-2-3-5-12(11)15(16,17)18/h11-12H,2-9H2,1H3. The Morgan fingerprint density at radius 2 is 1.81 bits per heavy atom. The van der Waals surface area contributed by atoms with Crippen molar-refractivity contribution in [2.75, 3.05) is 13.1 Å². The van der Waals surface area contributed by atoms with E-state index in [1.807, 2.05) is 6.92 Å². The monoisotopic (exact) mass is 302 g/mol. The SMILES string of the molecule is CC1(C#N)CCN(C(=O)C2CCCCC2C(F)(F)F)CC1. The molecule has 2 fully saturated rings. The molecule has 2 atom stereocenters. The summed E-state index contributed by atoms with van der Waals surface area (Å²) in [6, 6.07) is 2.23. The van der Waals surface area contributed by atoms with Crippen LogP contribution in [-0.2, 0) is 4.79 Å². The number of hydrogen-bond donors (Lipinski definition) is 0. The molecule has 1 saturated carbocycles. The molecule has 3 nitrogen and oxygen atoms in total. The van der Waals surface area contributed by atoms with Crippen molar-refractivity contribution in [3.8, 4) is 6.07 Å². The average Bonchev–Trinajstić information content (AvgIpc) is 2.46. The highest BCUT2D eigenvalue weighted by Gasteiger charge is 2.49. The Bertz CT molecular complexity index is 433. The van der Waals surface area contributed by atoms with E-state index in [0.717, 1.165) is 0 Å². The summed E-state index contributed by atoms with van der Waals surface area (Å²) in [5.41, 5.74) is -0.452. The molecule has 21 heavy (non-hydrogen) atoms. The van der Waals surface area contributed by atoms with Crippen molar-refractivity contribution in [3.05, 3.63) is 0 Å². The first-order chi connectivity index (χ1) is 9.77. The summed E-state index contributed by atoms with van der Waals surface area (Å²) in [5, 5.41) is 9.07. The van der Waals surface area contributed by atoms with E-state index in [2.05, 4.69) is 6.07 Å². The maximum Gasteiger partial charge on any atom is 0.392 e. The Balaban J connectivity index is 2.04. The van der Waals surface area contributed by atoms with Crippen LogP contribution < -0.4 is 0 Å². The van der Waals surface area contributed by atoms with Crippen LogP contribution in [0.2, 0.25) is 0 Å². The number of likely N-dealkylation sites (tertiary alicyclic amines) is 1. The number of nitriles is 1. The zero-order valence-corrected chi connectivity index (χ0v) is 12.2. The van der Waals surface area contributed by atoms with Crippen LogP contribution in [0.1, 0.15) is 45.4 Å². The summed E-state index contributed by atoms with van der Waals surface area (Å²) in [4.78, 5) is 14.0. The Kier molecular flexibility index (Phi) is 4.50. The van der Waals surface area contributed by atoms with Gasteiger partial charge in [-0.15, -0.1) is 0 Å². The zero-order valence-electron chi connectivity index (χ0n) is 12.2. The number of carbonyl (C=O) groups is 1. The molecule has 118 valence electrons. The lowest BCUT2D eigenvalue weighted by Gasteiger charge is -2.39. The van der Waals surface area contributed by atoms with Crippen molar-refractivity contribution in [3.63, 3.8) is 0 Å². The molecule has 2 unspecified atom stereocenters. The Morgan fingerprint density at radius 1 is 1.24 bits per heavy atom. The predicted octanol–water partition coefficient (Wildman–Crippen LogP) is 3.51. The fraction of sp³-hybridized carbons (Fsp3) is 0.867. The topological polar surface area (TPSA) is 44.1 Å². The molecule has 1 aliphatic carbocycles. The second-order valence-electron chi connectivity index (χ2n) is 6.54. The Labute approximate surface area is 123 Å². The molecule has 0 radical (unpaired) electrons. The fourth-order valence-electron chi connectivity index (χ4n) is 3.39. The molecule has 2 rings (SSSR count). The number of rotatable bonds is 1. The van der Waals surface area contributed by atoms with E-state index in [1.54, 1.807) is 0 Å². The van der Waals surface area contributed by atoms with Gasteiger partial charge in [-0.1, -0.05) is 12.8 Å². The molecule has 2 aliphatic rings. The molecule has 0 aromatic carbocycles. The Hall–Kier alpha value is -1.25. The van der Waals surface area contributed by atoms with Gasteiger partial charge in [-0.25, -0.2) is 0 Å². The highest BCUT2D eigenvalue weighted by atomic mass is 19.4. The molecule has 0 bridgehead atoms. The third-order valence-corrected chi connectivity index (χ3v) is 4.95. The summed E-state index contributed by atoms with van der Waals surface area (Å²) in [6.07, 6.45) is -1.60. The van der Waals surface area contributed by atoms with Gasteiger partial charge in [0, 0.05) is 19.0 Å². The van der Waals surface area contributed by atoms with E-state index in [4.69, 9.17) is 5.26 Å². The van der Waals surface area contributed by atoms with E-state index in [9.17, 15) is 18.0 Å². The predicted molar refractivity (Wildman–Crippen MR) is 71.0 cm³/mol. The maximum absolute atomic E-state index is 13.1. The second kappa shape index (κ2) is 5.86. The van der Waals surface area contributed by atoms with Gasteiger partial charge in [-0.2, -0.15) is 18.4 Å². The zero-order chi connectivity index (χ0) is 15.7. The lowest BCUT2D eigenvalue weighted by molar-refractivity contribution is -0.201. The molecular weight excluding hydrogens is 281 g/mol. The van der Waals surface area contributed by atoms with Crippen molar-refractivity contribution in [1.82, 2.24) is 4.90 Å². The van der Waals surface area contributed by atoms with Gasteiger partial charge < -0.3 is 4.90 Å². The summed E-state index contributed by atoms with van der Waals surface area (Å²) >= 11 is 0. The number of piperidine rings is 1. The lowest BCUT2D eigenvalue weighted by Crippen LogP contribution is -2.48. The number of alkyl halides is 3. The number of carbonyl (C=O) groups excluding carboxylic acids is 1. The summed E-state index contributed by atoms with van der Waals surface area (Å²) < 4.78 is 39.2. The van der Waals surface area contributed by atoms with Gasteiger partial charge in [0.1, 0.15) is 0 Å². The average molecular weight is 302 g/mol. The van der Waals surface area contributed by atoms with Crippen molar-refractivity contribution >= 4 is 5.91 Å². The molecule has 1 heterocycles. The minimum Gasteiger partial charge on any atom is -0.342 e. The van der Waals surface area contributed by atoms with Crippen LogP contribution in [0.4, 0.5) is 13.2 Å². The van der Waals surface area contributed by atoms with Gasteiger partial charge in [0.05, 0.1) is 17.4 Å². The van der Waals surface area contributed by atoms with Crippen molar-refractivity contribution in [2.45, 2.75) is 51.6 Å². The molecule has 0 aromatic rings. The second-order valence-corrected chi connectivity index (χ2v) is 6.54. The molecule has 0 aromatic heterocycles. The van der Waals surface area contributed by atoms with E-state index >= 15 is 0 Å². The molecule has 0 N–H and O–H groups in total. The number of hydrogen-bond acceptors (Lipinski definition) is 2. The number of nitrogens with zero attached hydrogens (tertiary/aromatic N) is 2. The van der Waals surface area contributed by atoms with Crippen LogP contribution in [0.5, 0.6) is 0 Å². The summed E-state index contributed by atoms with van der Waals surface area (Å²) in [5.74, 6) is -2.79. The van der Waals surface area contributed by atoms with Gasteiger partial charge in [-0.3, -0.25) is 4.79 Å². The first-order valence-corrected chi connectivity index (χ1v) is 7.54. The molecule has 1 aliphatic heterocycles. The number of halogens is 3. The fourth-order valence-corrected chi connectivity index (χ4v) is 3.39. The van der Waals surface area contributed by atoms with E-state index in [-0.39, 0.29) is 12.3 Å². The van der Waals surface area contributed by atoms with Crippen molar-refractivity contribution in [2.24, 2.45) is 17.3 Å². The van der Waals surface area contributed by atoms with Crippen LogP contribution in [0.15, 0.2) is 0 Å². The molecule has 6 heteroatoms. The van der Waals surface area contributed by atoms with Crippen LogP contribution >= 0.6 is 0 Å².